The van der Waals surface area contributed by atoms with Gasteiger partial charge in [-0.1, -0.05) is 54.6 Å². The van der Waals surface area contributed by atoms with Crippen molar-refractivity contribution in [2.75, 3.05) is 34.0 Å². The molecule has 0 radical (unpaired) electrons. The minimum atomic E-state index is -0.259. The fraction of sp³-hybridized carbons (Fsp3) is 0.345. The predicted octanol–water partition coefficient (Wildman–Crippen LogP) is 4.80. The van der Waals surface area contributed by atoms with E-state index in [0.29, 0.717) is 31.3 Å². The molecule has 4 rings (SSSR count). The Morgan fingerprint density at radius 3 is 2.34 bits per heavy atom. The third-order valence-corrected chi connectivity index (χ3v) is 6.97. The quantitative estimate of drug-likeness (QED) is 0.465. The number of phenolic OH excluding ortho intramolecular Hbond substituents is 1. The second kappa shape index (κ2) is 11.3. The van der Waals surface area contributed by atoms with Crippen molar-refractivity contribution < 1.29 is 24.1 Å². The highest BCUT2D eigenvalue weighted by Crippen LogP contribution is 2.39. The highest BCUT2D eigenvalue weighted by atomic mass is 16.5. The molecular weight excluding hydrogens is 442 g/mol. The molecule has 184 valence electrons. The van der Waals surface area contributed by atoms with Gasteiger partial charge in [0.2, 0.25) is 5.91 Å². The summed E-state index contributed by atoms with van der Waals surface area (Å²) in [6.07, 6.45) is 1.83. The maximum absolute atomic E-state index is 13.3. The largest absolute Gasteiger partial charge is 0.508 e. The van der Waals surface area contributed by atoms with Crippen molar-refractivity contribution >= 4 is 5.91 Å². The molecule has 3 aromatic carbocycles. The van der Waals surface area contributed by atoms with Crippen molar-refractivity contribution in [3.8, 4) is 17.2 Å². The van der Waals surface area contributed by atoms with Gasteiger partial charge < -0.3 is 24.6 Å². The van der Waals surface area contributed by atoms with Crippen LogP contribution in [0.2, 0.25) is 0 Å². The summed E-state index contributed by atoms with van der Waals surface area (Å²) in [5.74, 6) is 1.24. The molecule has 6 nitrogen and oxygen atoms in total. The molecule has 1 heterocycles. The van der Waals surface area contributed by atoms with Crippen molar-refractivity contribution in [3.05, 3.63) is 89.5 Å². The van der Waals surface area contributed by atoms with Crippen LogP contribution in [0.3, 0.4) is 0 Å². The summed E-state index contributed by atoms with van der Waals surface area (Å²) < 4.78 is 16.6. The van der Waals surface area contributed by atoms with Crippen LogP contribution >= 0.6 is 0 Å². The summed E-state index contributed by atoms with van der Waals surface area (Å²) in [7, 11) is 3.25. The molecule has 0 saturated carbocycles. The van der Waals surface area contributed by atoms with Gasteiger partial charge in [-0.15, -0.1) is 0 Å². The van der Waals surface area contributed by atoms with Gasteiger partial charge in [0.15, 0.2) is 11.5 Å². The number of benzene rings is 3. The number of ether oxygens (including phenoxy) is 3. The molecule has 6 heteroatoms. The van der Waals surface area contributed by atoms with Gasteiger partial charge in [-0.2, -0.15) is 0 Å². The first-order valence-corrected chi connectivity index (χ1v) is 12.0. The number of carbonyl (C=O) groups excluding carboxylic acids is 1. The minimum absolute atomic E-state index is 0.0616. The standard InChI is InChI=1S/C29H33NO5/c1-33-26-13-12-22(18-27(26)34-2)29(14-16-35-17-15-29)20-30-28(32)19-24(21-8-4-3-5-9-21)23-10-6-7-11-25(23)31/h3-13,18,24,31H,14-17,19-20H2,1-2H3,(H,30,32)/t24-/m0/s1. The molecule has 3 aromatic rings. The molecule has 1 aliphatic rings. The maximum atomic E-state index is 13.3. The lowest BCUT2D eigenvalue weighted by Crippen LogP contribution is -2.44. The SMILES string of the molecule is COc1ccc(C2(CNC(=O)C[C@@H](c3ccccc3)c3ccccc3O)CCOCC2)cc1OC. The number of phenols is 1. The van der Waals surface area contributed by atoms with Crippen LogP contribution in [0.15, 0.2) is 72.8 Å². The van der Waals surface area contributed by atoms with Crippen LogP contribution in [0.1, 0.15) is 41.9 Å². The lowest BCUT2D eigenvalue weighted by molar-refractivity contribution is -0.121. The highest BCUT2D eigenvalue weighted by molar-refractivity contribution is 5.78. The normalized spacial score (nSPS) is 15.7. The first-order chi connectivity index (χ1) is 17.1. The van der Waals surface area contributed by atoms with Crippen LogP contribution in [0.25, 0.3) is 0 Å². The average molecular weight is 476 g/mol. The van der Waals surface area contributed by atoms with Gasteiger partial charge in [-0.25, -0.2) is 0 Å². The Morgan fingerprint density at radius 2 is 1.66 bits per heavy atom. The zero-order valence-corrected chi connectivity index (χ0v) is 20.3. The first kappa shape index (κ1) is 24.6. The Bertz CT molecular complexity index is 1120. The number of methoxy groups -OCH3 is 2. The average Bonchev–Trinajstić information content (AvgIpc) is 2.91. The van der Waals surface area contributed by atoms with Gasteiger partial charge in [0.25, 0.3) is 0 Å². The van der Waals surface area contributed by atoms with Crippen LogP contribution in [0.5, 0.6) is 17.2 Å². The molecule has 0 spiro atoms. The van der Waals surface area contributed by atoms with E-state index in [1.165, 1.54) is 0 Å². The molecule has 1 atom stereocenters. The van der Waals surface area contributed by atoms with Crippen molar-refractivity contribution in [2.45, 2.75) is 30.6 Å². The molecule has 2 N–H and O–H groups in total. The molecule has 0 aliphatic carbocycles. The molecule has 1 fully saturated rings. The van der Waals surface area contributed by atoms with Gasteiger partial charge in [-0.3, -0.25) is 4.79 Å². The fourth-order valence-corrected chi connectivity index (χ4v) is 4.90. The Balaban J connectivity index is 1.55. The number of hydrogen-bond acceptors (Lipinski definition) is 5. The zero-order chi connectivity index (χ0) is 24.7. The molecule has 0 bridgehead atoms. The molecule has 1 amide bonds. The van der Waals surface area contributed by atoms with E-state index in [0.717, 1.165) is 29.5 Å². The Morgan fingerprint density at radius 1 is 0.971 bits per heavy atom. The molecule has 1 saturated heterocycles. The lowest BCUT2D eigenvalue weighted by atomic mass is 9.74. The Kier molecular flexibility index (Phi) is 7.93. The van der Waals surface area contributed by atoms with Gasteiger partial charge in [-0.05, 0) is 42.2 Å². The zero-order valence-electron chi connectivity index (χ0n) is 20.3. The summed E-state index contributed by atoms with van der Waals surface area (Å²) in [5, 5.41) is 13.7. The first-order valence-electron chi connectivity index (χ1n) is 12.0. The lowest BCUT2D eigenvalue weighted by Gasteiger charge is -2.38. The van der Waals surface area contributed by atoms with E-state index in [9.17, 15) is 9.90 Å². The predicted molar refractivity (Wildman–Crippen MR) is 135 cm³/mol. The summed E-state index contributed by atoms with van der Waals surface area (Å²) in [6, 6.07) is 23.0. The third-order valence-electron chi connectivity index (χ3n) is 6.97. The van der Waals surface area contributed by atoms with Crippen LogP contribution in [0, 0.1) is 0 Å². The van der Waals surface area contributed by atoms with Crippen molar-refractivity contribution in [1.29, 1.82) is 0 Å². The molecule has 0 unspecified atom stereocenters. The second-order valence-corrected chi connectivity index (χ2v) is 8.97. The van der Waals surface area contributed by atoms with E-state index in [2.05, 4.69) is 5.32 Å². The number of aromatic hydroxyl groups is 1. The summed E-state index contributed by atoms with van der Waals surface area (Å²) in [4.78, 5) is 13.3. The number of nitrogens with one attached hydrogen (secondary N) is 1. The number of para-hydroxylation sites is 1. The van der Waals surface area contributed by atoms with Gasteiger partial charge in [0, 0.05) is 43.1 Å². The molecule has 1 aliphatic heterocycles. The number of carbonyl (C=O) groups is 1. The monoisotopic (exact) mass is 475 g/mol. The number of rotatable bonds is 9. The number of hydrogen-bond donors (Lipinski definition) is 2. The van der Waals surface area contributed by atoms with E-state index in [-0.39, 0.29) is 29.4 Å². The summed E-state index contributed by atoms with van der Waals surface area (Å²) in [5.41, 5.74) is 2.57. The van der Waals surface area contributed by atoms with E-state index in [1.807, 2.05) is 60.7 Å². The summed E-state index contributed by atoms with van der Waals surface area (Å²) in [6.45, 7) is 1.76. The van der Waals surface area contributed by atoms with E-state index >= 15 is 0 Å². The van der Waals surface area contributed by atoms with Crippen molar-refractivity contribution in [3.63, 3.8) is 0 Å². The second-order valence-electron chi connectivity index (χ2n) is 8.97. The van der Waals surface area contributed by atoms with Crippen LogP contribution < -0.4 is 14.8 Å². The van der Waals surface area contributed by atoms with Crippen LogP contribution in [-0.4, -0.2) is 45.0 Å². The number of amides is 1. The van der Waals surface area contributed by atoms with Gasteiger partial charge >= 0.3 is 0 Å². The van der Waals surface area contributed by atoms with Crippen LogP contribution in [0.4, 0.5) is 0 Å². The molecule has 35 heavy (non-hydrogen) atoms. The van der Waals surface area contributed by atoms with Crippen molar-refractivity contribution in [2.24, 2.45) is 0 Å². The Labute approximate surface area is 206 Å². The van der Waals surface area contributed by atoms with E-state index in [4.69, 9.17) is 14.2 Å². The molecular formula is C29H33NO5. The highest BCUT2D eigenvalue weighted by Gasteiger charge is 2.36. The molecule has 0 aromatic heterocycles. The van der Waals surface area contributed by atoms with Gasteiger partial charge in [0.05, 0.1) is 14.2 Å². The maximum Gasteiger partial charge on any atom is 0.220 e. The van der Waals surface area contributed by atoms with Gasteiger partial charge in [0.1, 0.15) is 5.75 Å². The van der Waals surface area contributed by atoms with Crippen molar-refractivity contribution in [1.82, 2.24) is 5.32 Å². The Hall–Kier alpha value is -3.51. The third kappa shape index (κ3) is 5.60. The van der Waals surface area contributed by atoms with E-state index in [1.54, 1.807) is 26.4 Å². The fourth-order valence-electron chi connectivity index (χ4n) is 4.90. The summed E-state index contributed by atoms with van der Waals surface area (Å²) >= 11 is 0. The van der Waals surface area contributed by atoms with Crippen LogP contribution in [-0.2, 0) is 14.9 Å². The topological polar surface area (TPSA) is 77.0 Å². The van der Waals surface area contributed by atoms with E-state index < -0.39 is 0 Å². The smallest absolute Gasteiger partial charge is 0.220 e. The minimum Gasteiger partial charge on any atom is -0.508 e.